The van der Waals surface area contributed by atoms with Gasteiger partial charge in [0.05, 0.1) is 18.8 Å². The van der Waals surface area contributed by atoms with Gasteiger partial charge in [0.2, 0.25) is 0 Å². The van der Waals surface area contributed by atoms with Crippen LogP contribution in [0.1, 0.15) is 73.6 Å². The molecule has 1 unspecified atom stereocenters. The minimum atomic E-state index is -0.00728. The van der Waals surface area contributed by atoms with Crippen molar-refractivity contribution in [2.24, 2.45) is 17.3 Å². The van der Waals surface area contributed by atoms with Gasteiger partial charge in [-0.3, -0.25) is 0 Å². The number of unbranched alkanes of at least 4 members (excludes halogenated alkanes) is 1. The van der Waals surface area contributed by atoms with E-state index >= 15 is 0 Å². The summed E-state index contributed by atoms with van der Waals surface area (Å²) in [6, 6.07) is 0. The first-order valence-electron chi connectivity index (χ1n) is 8.40. The van der Waals surface area contributed by atoms with Gasteiger partial charge < -0.3 is 9.47 Å². The minimum absolute atomic E-state index is 0.00728. The van der Waals surface area contributed by atoms with Crippen LogP contribution in [-0.4, -0.2) is 25.4 Å². The highest BCUT2D eigenvalue weighted by molar-refractivity contribution is 4.75. The maximum absolute atomic E-state index is 5.91. The lowest BCUT2D eigenvalue weighted by molar-refractivity contribution is -0.0369. The van der Waals surface area contributed by atoms with E-state index in [0.29, 0.717) is 5.41 Å². The maximum atomic E-state index is 5.91. The number of ether oxygens (including phenoxy) is 2. The molecule has 0 amide bonds. The molecule has 1 aliphatic rings. The third-order valence-electron chi connectivity index (χ3n) is 4.35. The van der Waals surface area contributed by atoms with Gasteiger partial charge in [0.25, 0.3) is 0 Å². The van der Waals surface area contributed by atoms with Crippen molar-refractivity contribution in [3.8, 4) is 0 Å². The molecule has 1 rings (SSSR count). The van der Waals surface area contributed by atoms with E-state index in [2.05, 4.69) is 41.5 Å². The van der Waals surface area contributed by atoms with Crippen molar-refractivity contribution in [1.29, 1.82) is 0 Å². The van der Waals surface area contributed by atoms with Crippen molar-refractivity contribution in [2.75, 3.05) is 19.8 Å². The standard InChI is InChI=1S/C18H36O2/c1-17(2,3)16(11-12-20-18(4,5)6)10-8-7-9-15-13-19-14-15/h15-16H,7-14H2,1-6H3. The predicted octanol–water partition coefficient (Wildman–Crippen LogP) is 5.06. The first-order valence-corrected chi connectivity index (χ1v) is 8.40. The molecular weight excluding hydrogens is 248 g/mol. The number of hydrogen-bond acceptors (Lipinski definition) is 2. The van der Waals surface area contributed by atoms with E-state index in [1.807, 2.05) is 0 Å². The summed E-state index contributed by atoms with van der Waals surface area (Å²) in [5.74, 6) is 1.62. The Morgan fingerprint density at radius 1 is 1.00 bits per heavy atom. The largest absolute Gasteiger partial charge is 0.381 e. The monoisotopic (exact) mass is 284 g/mol. The third-order valence-corrected chi connectivity index (χ3v) is 4.35. The second-order valence-corrected chi connectivity index (χ2v) is 8.50. The zero-order valence-corrected chi connectivity index (χ0v) is 14.6. The fraction of sp³-hybridized carbons (Fsp3) is 1.00. The Balaban J connectivity index is 2.21. The topological polar surface area (TPSA) is 18.5 Å². The highest BCUT2D eigenvalue weighted by Gasteiger charge is 2.25. The van der Waals surface area contributed by atoms with E-state index in [-0.39, 0.29) is 5.60 Å². The van der Waals surface area contributed by atoms with E-state index in [0.717, 1.165) is 31.7 Å². The van der Waals surface area contributed by atoms with E-state index < -0.39 is 0 Å². The molecule has 1 atom stereocenters. The molecule has 2 nitrogen and oxygen atoms in total. The molecule has 0 aromatic carbocycles. The second-order valence-electron chi connectivity index (χ2n) is 8.50. The highest BCUT2D eigenvalue weighted by atomic mass is 16.5. The summed E-state index contributed by atoms with van der Waals surface area (Å²) in [6.07, 6.45) is 6.60. The summed E-state index contributed by atoms with van der Waals surface area (Å²) in [5.41, 5.74) is 0.382. The van der Waals surface area contributed by atoms with E-state index in [1.54, 1.807) is 0 Å². The second kappa shape index (κ2) is 7.79. The molecule has 1 aliphatic heterocycles. The molecule has 1 heterocycles. The molecule has 0 radical (unpaired) electrons. The lowest BCUT2D eigenvalue weighted by Crippen LogP contribution is -2.27. The van der Waals surface area contributed by atoms with Gasteiger partial charge in [-0.1, -0.05) is 33.6 Å². The van der Waals surface area contributed by atoms with Crippen molar-refractivity contribution < 1.29 is 9.47 Å². The van der Waals surface area contributed by atoms with Gasteiger partial charge in [0.1, 0.15) is 0 Å². The van der Waals surface area contributed by atoms with Crippen LogP contribution in [0.4, 0.5) is 0 Å². The minimum Gasteiger partial charge on any atom is -0.381 e. The van der Waals surface area contributed by atoms with Crippen LogP contribution in [0.5, 0.6) is 0 Å². The van der Waals surface area contributed by atoms with Crippen LogP contribution in [0.15, 0.2) is 0 Å². The van der Waals surface area contributed by atoms with Gasteiger partial charge >= 0.3 is 0 Å². The zero-order chi connectivity index (χ0) is 15.2. The van der Waals surface area contributed by atoms with E-state index in [9.17, 15) is 0 Å². The average Bonchev–Trinajstić information content (AvgIpc) is 2.20. The zero-order valence-electron chi connectivity index (χ0n) is 14.6. The first-order chi connectivity index (χ1) is 9.18. The van der Waals surface area contributed by atoms with E-state index in [4.69, 9.17) is 9.47 Å². The fourth-order valence-corrected chi connectivity index (χ4v) is 2.79. The smallest absolute Gasteiger partial charge is 0.0598 e. The lowest BCUT2D eigenvalue weighted by atomic mass is 9.76. The van der Waals surface area contributed by atoms with Gasteiger partial charge in [-0.25, -0.2) is 0 Å². The van der Waals surface area contributed by atoms with Crippen molar-refractivity contribution in [2.45, 2.75) is 79.2 Å². The van der Waals surface area contributed by atoms with Crippen LogP contribution < -0.4 is 0 Å². The molecule has 0 spiro atoms. The van der Waals surface area contributed by atoms with Crippen molar-refractivity contribution in [3.05, 3.63) is 0 Å². The Kier molecular flexibility index (Phi) is 7.00. The Bertz CT molecular complexity index is 256. The van der Waals surface area contributed by atoms with Gasteiger partial charge in [-0.15, -0.1) is 0 Å². The Morgan fingerprint density at radius 2 is 1.65 bits per heavy atom. The Labute approximate surface area is 126 Å². The quantitative estimate of drug-likeness (QED) is 0.580. The van der Waals surface area contributed by atoms with Crippen LogP contribution in [0.2, 0.25) is 0 Å². The lowest BCUT2D eigenvalue weighted by Gasteiger charge is -2.32. The van der Waals surface area contributed by atoms with Crippen molar-refractivity contribution in [3.63, 3.8) is 0 Å². The van der Waals surface area contributed by atoms with Crippen molar-refractivity contribution >= 4 is 0 Å². The molecular formula is C18H36O2. The van der Waals surface area contributed by atoms with Crippen LogP contribution in [0.25, 0.3) is 0 Å². The SMILES string of the molecule is CC(C)(C)OCCC(CCCCC1COC1)C(C)(C)C. The molecule has 120 valence electrons. The molecule has 2 heteroatoms. The third kappa shape index (κ3) is 7.64. The first kappa shape index (κ1) is 18.0. The summed E-state index contributed by atoms with van der Waals surface area (Å²) in [7, 11) is 0. The molecule has 1 saturated heterocycles. The van der Waals surface area contributed by atoms with Gasteiger partial charge in [-0.05, 0) is 51.4 Å². The Hall–Kier alpha value is -0.0800. The summed E-state index contributed by atoms with van der Waals surface area (Å²) in [5, 5.41) is 0. The number of hydrogen-bond donors (Lipinski definition) is 0. The van der Waals surface area contributed by atoms with E-state index in [1.165, 1.54) is 32.1 Å². The molecule has 0 N–H and O–H groups in total. The molecule has 20 heavy (non-hydrogen) atoms. The van der Waals surface area contributed by atoms with Crippen molar-refractivity contribution in [1.82, 2.24) is 0 Å². The fourth-order valence-electron chi connectivity index (χ4n) is 2.79. The van der Waals surface area contributed by atoms with Gasteiger partial charge in [0.15, 0.2) is 0 Å². The molecule has 0 aliphatic carbocycles. The van der Waals surface area contributed by atoms with Crippen LogP contribution >= 0.6 is 0 Å². The van der Waals surface area contributed by atoms with Gasteiger partial charge in [0, 0.05) is 12.5 Å². The predicted molar refractivity (Wildman–Crippen MR) is 86.0 cm³/mol. The van der Waals surface area contributed by atoms with Crippen LogP contribution in [0, 0.1) is 17.3 Å². The summed E-state index contributed by atoms with van der Waals surface area (Å²) >= 11 is 0. The molecule has 1 fully saturated rings. The molecule has 0 saturated carbocycles. The average molecular weight is 284 g/mol. The van der Waals surface area contributed by atoms with Crippen LogP contribution in [-0.2, 0) is 9.47 Å². The summed E-state index contributed by atoms with van der Waals surface area (Å²) in [4.78, 5) is 0. The Morgan fingerprint density at radius 3 is 2.10 bits per heavy atom. The maximum Gasteiger partial charge on any atom is 0.0598 e. The molecule has 0 bridgehead atoms. The van der Waals surface area contributed by atoms with Gasteiger partial charge in [-0.2, -0.15) is 0 Å². The summed E-state index contributed by atoms with van der Waals surface area (Å²) < 4.78 is 11.1. The molecule has 0 aromatic rings. The summed E-state index contributed by atoms with van der Waals surface area (Å²) in [6.45, 7) is 16.4. The highest BCUT2D eigenvalue weighted by Crippen LogP contribution is 2.33. The van der Waals surface area contributed by atoms with Crippen LogP contribution in [0.3, 0.4) is 0 Å². The molecule has 0 aromatic heterocycles. The normalized spacial score (nSPS) is 18.9. The number of rotatable bonds is 8.